The highest BCUT2D eigenvalue weighted by molar-refractivity contribution is 6.39. The molecule has 1 aliphatic heterocycles. The van der Waals surface area contributed by atoms with Crippen LogP contribution in [0.2, 0.25) is 10.0 Å². The molecule has 15 heteroatoms. The van der Waals surface area contributed by atoms with Crippen molar-refractivity contribution in [2.45, 2.75) is 83.6 Å². The Kier molecular flexibility index (Phi) is 11.7. The van der Waals surface area contributed by atoms with Crippen LogP contribution >= 0.6 is 23.2 Å². The van der Waals surface area contributed by atoms with Gasteiger partial charge in [0.1, 0.15) is 24.2 Å². The Balaban J connectivity index is 1.52. The molecule has 3 atom stereocenters. The number of hydrogen-bond donors (Lipinski definition) is 2. The van der Waals surface area contributed by atoms with E-state index < -0.39 is 66.2 Å². The average Bonchev–Trinajstić information content (AvgIpc) is 3.37. The molecule has 2 N–H and O–H groups in total. The maximum atomic E-state index is 13.7. The molecule has 0 radical (unpaired) electrons. The number of Topliss-reactive ketones (excluding diaryl/α,β-unsaturated/α-hetero) is 1. The summed E-state index contributed by atoms with van der Waals surface area (Å²) in [5, 5.41) is 17.5. The van der Waals surface area contributed by atoms with Gasteiger partial charge in [-0.05, 0) is 81.6 Å². The summed E-state index contributed by atoms with van der Waals surface area (Å²) in [6, 6.07) is 10.1. The van der Waals surface area contributed by atoms with Gasteiger partial charge in [0.2, 0.25) is 11.8 Å². The van der Waals surface area contributed by atoms with Crippen molar-refractivity contribution in [2.24, 2.45) is 0 Å². The summed E-state index contributed by atoms with van der Waals surface area (Å²) in [6.45, 7) is 6.40. The van der Waals surface area contributed by atoms with Gasteiger partial charge >= 0.3 is 5.97 Å². The van der Waals surface area contributed by atoms with Gasteiger partial charge in [0.25, 0.3) is 5.91 Å². The molecule has 2 unspecified atom stereocenters. The molecule has 2 aromatic carbocycles. The highest BCUT2D eigenvalue weighted by Gasteiger charge is 2.36. The maximum absolute atomic E-state index is 13.7. The molecular formula is C32H37Cl2N7O6. The molecule has 0 aliphatic carbocycles. The molecule has 47 heavy (non-hydrogen) atoms. The van der Waals surface area contributed by atoms with Gasteiger partial charge in [0.05, 0.1) is 28.1 Å². The number of halogens is 2. The normalized spacial score (nSPS) is 16.5. The van der Waals surface area contributed by atoms with E-state index in [0.29, 0.717) is 30.4 Å². The number of benzene rings is 2. The van der Waals surface area contributed by atoms with Gasteiger partial charge in [-0.25, -0.2) is 4.68 Å². The molecule has 250 valence electrons. The van der Waals surface area contributed by atoms with Gasteiger partial charge in [0.15, 0.2) is 11.6 Å². The first-order valence-corrected chi connectivity index (χ1v) is 15.9. The fourth-order valence-corrected chi connectivity index (χ4v) is 5.67. The minimum Gasteiger partial charge on any atom is -0.460 e. The Morgan fingerprint density at radius 2 is 1.70 bits per heavy atom. The maximum Gasteiger partial charge on any atom is 0.308 e. The average molecular weight is 687 g/mol. The van der Waals surface area contributed by atoms with Crippen LogP contribution in [0.5, 0.6) is 0 Å². The Morgan fingerprint density at radius 3 is 2.36 bits per heavy atom. The lowest BCUT2D eigenvalue weighted by Gasteiger charge is -2.31. The van der Waals surface area contributed by atoms with Gasteiger partial charge in [-0.3, -0.25) is 24.0 Å². The third kappa shape index (κ3) is 9.35. The fraction of sp³-hybridized carbons (Fsp3) is 0.438. The van der Waals surface area contributed by atoms with Crippen molar-refractivity contribution in [3.05, 3.63) is 64.1 Å². The van der Waals surface area contributed by atoms with Gasteiger partial charge in [-0.2, -0.15) is 0 Å². The summed E-state index contributed by atoms with van der Waals surface area (Å²) in [4.78, 5) is 68.0. The highest BCUT2D eigenvalue weighted by Crippen LogP contribution is 2.32. The molecular weight excluding hydrogens is 649 g/mol. The Labute approximate surface area is 282 Å². The number of aromatic nitrogens is 4. The predicted molar refractivity (Wildman–Crippen MR) is 173 cm³/mol. The van der Waals surface area contributed by atoms with Crippen molar-refractivity contribution in [1.82, 2.24) is 35.7 Å². The van der Waals surface area contributed by atoms with E-state index >= 15 is 0 Å². The van der Waals surface area contributed by atoms with E-state index in [-0.39, 0.29) is 22.4 Å². The topological polar surface area (TPSA) is 165 Å². The number of carbonyl (C=O) groups excluding carboxylic acids is 5. The van der Waals surface area contributed by atoms with Gasteiger partial charge in [-0.15, -0.1) is 5.10 Å². The lowest BCUT2D eigenvalue weighted by atomic mass is 10.1. The molecule has 0 saturated carbocycles. The first kappa shape index (κ1) is 35.5. The monoisotopic (exact) mass is 685 g/mol. The second kappa shape index (κ2) is 15.5. The molecule has 4 rings (SSSR count). The van der Waals surface area contributed by atoms with E-state index in [0.717, 1.165) is 0 Å². The van der Waals surface area contributed by atoms with Crippen molar-refractivity contribution in [2.75, 3.05) is 6.54 Å². The Bertz CT molecular complexity index is 1610. The zero-order valence-corrected chi connectivity index (χ0v) is 28.0. The van der Waals surface area contributed by atoms with Crippen LogP contribution in [-0.2, 0) is 30.5 Å². The number of esters is 1. The van der Waals surface area contributed by atoms with Crippen LogP contribution in [-0.4, -0.2) is 84.9 Å². The quantitative estimate of drug-likeness (QED) is 0.287. The van der Waals surface area contributed by atoms with Crippen LogP contribution in [0.1, 0.15) is 63.7 Å². The SMILES string of the molecule is CC(C(=O)NC(CC(=O)OC(C)(C)C)C(=O)Cn1nnnc1-c1c(Cl)cccc1Cl)N1CCCC[C@H](NC(=O)c2ccccc2)C1=O. The van der Waals surface area contributed by atoms with Crippen molar-refractivity contribution in [3.8, 4) is 11.4 Å². The molecule has 1 aromatic heterocycles. The van der Waals surface area contributed by atoms with E-state index in [2.05, 4.69) is 26.2 Å². The second-order valence-corrected chi connectivity index (χ2v) is 13.0. The summed E-state index contributed by atoms with van der Waals surface area (Å²) >= 11 is 12.7. The van der Waals surface area contributed by atoms with E-state index in [1.165, 1.54) is 16.5 Å². The number of ketones is 1. The van der Waals surface area contributed by atoms with Gasteiger partial charge in [0, 0.05) is 12.1 Å². The number of ether oxygens (including phenoxy) is 1. The van der Waals surface area contributed by atoms with E-state index in [9.17, 15) is 24.0 Å². The van der Waals surface area contributed by atoms with E-state index in [1.807, 2.05) is 0 Å². The number of carbonyl (C=O) groups is 5. The number of tetrazole rings is 1. The first-order valence-electron chi connectivity index (χ1n) is 15.2. The molecule has 1 fully saturated rings. The van der Waals surface area contributed by atoms with Crippen LogP contribution in [0.4, 0.5) is 0 Å². The van der Waals surface area contributed by atoms with Crippen LogP contribution in [0, 0.1) is 0 Å². The Hall–Kier alpha value is -4.36. The highest BCUT2D eigenvalue weighted by atomic mass is 35.5. The molecule has 3 amide bonds. The summed E-state index contributed by atoms with van der Waals surface area (Å²) in [6.07, 6.45) is 1.18. The molecule has 0 spiro atoms. The molecule has 0 bridgehead atoms. The fourth-order valence-electron chi connectivity index (χ4n) is 5.10. The summed E-state index contributed by atoms with van der Waals surface area (Å²) in [5.74, 6) is -2.69. The van der Waals surface area contributed by atoms with E-state index in [4.69, 9.17) is 27.9 Å². The minimum absolute atomic E-state index is 0.114. The molecule has 3 aromatic rings. The zero-order valence-electron chi connectivity index (χ0n) is 26.5. The van der Waals surface area contributed by atoms with Crippen molar-refractivity contribution in [3.63, 3.8) is 0 Å². The minimum atomic E-state index is -1.35. The lowest BCUT2D eigenvalue weighted by Crippen LogP contribution is -2.56. The van der Waals surface area contributed by atoms with Crippen LogP contribution in [0.25, 0.3) is 11.4 Å². The summed E-state index contributed by atoms with van der Waals surface area (Å²) in [7, 11) is 0. The van der Waals surface area contributed by atoms with E-state index in [1.54, 1.807) is 69.3 Å². The predicted octanol–water partition coefficient (Wildman–Crippen LogP) is 3.63. The molecule has 1 aliphatic rings. The van der Waals surface area contributed by atoms with Gasteiger partial charge < -0.3 is 20.3 Å². The largest absolute Gasteiger partial charge is 0.460 e. The summed E-state index contributed by atoms with van der Waals surface area (Å²) < 4.78 is 6.60. The smallest absolute Gasteiger partial charge is 0.308 e. The van der Waals surface area contributed by atoms with Crippen molar-refractivity contribution in [1.29, 1.82) is 0 Å². The van der Waals surface area contributed by atoms with Gasteiger partial charge in [-0.1, -0.05) is 47.5 Å². The number of nitrogens with one attached hydrogen (secondary N) is 2. The zero-order chi connectivity index (χ0) is 34.3. The lowest BCUT2D eigenvalue weighted by molar-refractivity contribution is -0.156. The third-order valence-corrected chi connectivity index (χ3v) is 8.06. The summed E-state index contributed by atoms with van der Waals surface area (Å²) in [5.41, 5.74) is -0.125. The standard InChI is InChI=1S/C32H37Cl2N7O6/c1-19(40-16-9-8-15-23(31(40)46)35-30(45)20-11-6-5-7-12-20)29(44)36-24(17-26(43)47-32(2,3)4)25(42)18-41-28(37-38-39-41)27-21(33)13-10-14-22(27)34/h5-7,10-14,19,23-24H,8-9,15-18H2,1-4H3,(H,35,45)(H,36,44)/t19?,23-,24?/m0/s1. The number of nitrogens with zero attached hydrogens (tertiary/aromatic N) is 5. The second-order valence-electron chi connectivity index (χ2n) is 12.2. The third-order valence-electron chi connectivity index (χ3n) is 7.43. The van der Waals surface area contributed by atoms with Crippen LogP contribution in [0.3, 0.4) is 0 Å². The van der Waals surface area contributed by atoms with Crippen molar-refractivity contribution >= 4 is 52.7 Å². The van der Waals surface area contributed by atoms with Crippen LogP contribution in [0.15, 0.2) is 48.5 Å². The number of rotatable bonds is 11. The number of likely N-dealkylation sites (tertiary alicyclic amines) is 1. The van der Waals surface area contributed by atoms with Crippen molar-refractivity contribution < 1.29 is 28.7 Å². The first-order chi connectivity index (χ1) is 22.2. The molecule has 1 saturated heterocycles. The molecule has 13 nitrogen and oxygen atoms in total. The molecule has 2 heterocycles. The number of amides is 3. The Morgan fingerprint density at radius 1 is 1.02 bits per heavy atom. The number of hydrogen-bond acceptors (Lipinski definition) is 9. The van der Waals surface area contributed by atoms with Crippen LogP contribution < -0.4 is 10.6 Å².